The van der Waals surface area contributed by atoms with E-state index in [1.165, 1.54) is 12.0 Å². The van der Waals surface area contributed by atoms with Gasteiger partial charge in [-0.15, -0.1) is 0 Å². The summed E-state index contributed by atoms with van der Waals surface area (Å²) in [7, 11) is 1.21. The van der Waals surface area contributed by atoms with E-state index in [-0.39, 0.29) is 18.8 Å². The maximum absolute atomic E-state index is 13.3. The first-order valence-corrected chi connectivity index (χ1v) is 5.54. The van der Waals surface area contributed by atoms with E-state index in [0.717, 1.165) is 10.8 Å². The summed E-state index contributed by atoms with van der Waals surface area (Å²) in [6, 6.07) is 0. The van der Waals surface area contributed by atoms with Crippen LogP contribution in [0.1, 0.15) is 6.17 Å². The van der Waals surface area contributed by atoms with E-state index in [9.17, 15) is 18.8 Å². The maximum Gasteiger partial charge on any atom is 0.411 e. The molecular formula is C10H10FN3O5. The number of ether oxygens (including phenoxy) is 2. The van der Waals surface area contributed by atoms with Crippen molar-refractivity contribution in [3.05, 3.63) is 32.9 Å². The Bertz CT molecular complexity index is 653. The number of aromatic nitrogens is 2. The van der Waals surface area contributed by atoms with Gasteiger partial charge in [-0.25, -0.2) is 9.59 Å². The molecule has 0 aromatic carbocycles. The molecule has 1 aromatic rings. The minimum Gasteiger partial charge on any atom is -0.453 e. The molecule has 3 rings (SSSR count). The number of aromatic amines is 1. The first kappa shape index (κ1) is 11.9. The Labute approximate surface area is 105 Å². The SMILES string of the molecule is COC(=O)N1C[C@@H]2O[C@@H]2[C@@H]1n1cc(F)c(=O)[nH]c1=O. The molecule has 9 heteroatoms. The van der Waals surface area contributed by atoms with Crippen molar-refractivity contribution in [1.29, 1.82) is 0 Å². The zero-order valence-corrected chi connectivity index (χ0v) is 9.83. The molecular weight excluding hydrogens is 261 g/mol. The first-order valence-electron chi connectivity index (χ1n) is 5.54. The number of halogens is 1. The highest BCUT2D eigenvalue weighted by molar-refractivity contribution is 5.68. The van der Waals surface area contributed by atoms with Crippen molar-refractivity contribution in [3.63, 3.8) is 0 Å². The van der Waals surface area contributed by atoms with E-state index < -0.39 is 29.3 Å². The van der Waals surface area contributed by atoms with Gasteiger partial charge in [-0.1, -0.05) is 0 Å². The Balaban J connectivity index is 2.05. The Morgan fingerprint density at radius 1 is 1.58 bits per heavy atom. The molecule has 102 valence electrons. The van der Waals surface area contributed by atoms with Crippen LogP contribution in [0.5, 0.6) is 0 Å². The standard InChI is InChI=1S/C10H10FN3O5/c1-18-10(17)14-3-5-6(19-5)8(14)13-2-4(11)7(15)12-9(13)16/h2,5-6,8H,3H2,1H3,(H,12,15,16)/t5-,6-,8+/m0/s1. The number of hydrogen-bond acceptors (Lipinski definition) is 5. The normalized spacial score (nSPS) is 28.1. The molecule has 0 spiro atoms. The van der Waals surface area contributed by atoms with Crippen molar-refractivity contribution in [1.82, 2.24) is 14.5 Å². The van der Waals surface area contributed by atoms with Crippen LogP contribution >= 0.6 is 0 Å². The highest BCUT2D eigenvalue weighted by atomic mass is 19.1. The molecule has 8 nitrogen and oxygen atoms in total. The van der Waals surface area contributed by atoms with Crippen LogP contribution in [0.2, 0.25) is 0 Å². The topological polar surface area (TPSA) is 96.9 Å². The Morgan fingerprint density at radius 2 is 2.32 bits per heavy atom. The molecule has 2 aliphatic rings. The van der Waals surface area contributed by atoms with Crippen LogP contribution in [0.4, 0.5) is 9.18 Å². The molecule has 19 heavy (non-hydrogen) atoms. The number of nitrogens with zero attached hydrogens (tertiary/aromatic N) is 2. The molecule has 0 aliphatic carbocycles. The number of rotatable bonds is 1. The second kappa shape index (κ2) is 3.92. The average molecular weight is 271 g/mol. The van der Waals surface area contributed by atoms with E-state index in [2.05, 4.69) is 4.74 Å². The molecule has 0 bridgehead atoms. The zero-order chi connectivity index (χ0) is 13.7. The van der Waals surface area contributed by atoms with Gasteiger partial charge in [0.25, 0.3) is 5.56 Å². The summed E-state index contributed by atoms with van der Waals surface area (Å²) in [4.78, 5) is 37.4. The number of carbonyl (C=O) groups excluding carboxylic acids is 1. The highest BCUT2D eigenvalue weighted by Gasteiger charge is 2.58. The fraction of sp³-hybridized carbons (Fsp3) is 0.500. The lowest BCUT2D eigenvalue weighted by Crippen LogP contribution is -2.43. The molecule has 0 radical (unpaired) electrons. The van der Waals surface area contributed by atoms with Gasteiger partial charge in [-0.3, -0.25) is 19.2 Å². The van der Waals surface area contributed by atoms with Gasteiger partial charge in [0, 0.05) is 0 Å². The number of H-pyrrole nitrogens is 1. The fourth-order valence-electron chi connectivity index (χ4n) is 2.31. The predicted molar refractivity (Wildman–Crippen MR) is 58.1 cm³/mol. The monoisotopic (exact) mass is 271 g/mol. The van der Waals surface area contributed by atoms with Gasteiger partial charge in [-0.05, 0) is 0 Å². The van der Waals surface area contributed by atoms with Crippen LogP contribution in [0.3, 0.4) is 0 Å². The van der Waals surface area contributed by atoms with Crippen LogP contribution in [-0.4, -0.2) is 46.4 Å². The first-order chi connectivity index (χ1) is 9.02. The second-order valence-corrected chi connectivity index (χ2v) is 4.32. The second-order valence-electron chi connectivity index (χ2n) is 4.32. The third-order valence-electron chi connectivity index (χ3n) is 3.23. The molecule has 1 amide bonds. The number of carbonyl (C=O) groups is 1. The third kappa shape index (κ3) is 1.73. The molecule has 0 unspecified atom stereocenters. The number of fused-ring (bicyclic) bond motifs is 1. The molecule has 1 aromatic heterocycles. The van der Waals surface area contributed by atoms with Crippen molar-refractivity contribution in [2.45, 2.75) is 18.4 Å². The maximum atomic E-state index is 13.3. The van der Waals surface area contributed by atoms with Gasteiger partial charge in [0.15, 0.2) is 0 Å². The minimum absolute atomic E-state index is 0.189. The number of amides is 1. The van der Waals surface area contributed by atoms with Crippen molar-refractivity contribution in [3.8, 4) is 0 Å². The van der Waals surface area contributed by atoms with E-state index >= 15 is 0 Å². The molecule has 0 saturated carbocycles. The quantitative estimate of drug-likeness (QED) is 0.662. The molecule has 2 saturated heterocycles. The number of methoxy groups -OCH3 is 1. The van der Waals surface area contributed by atoms with Crippen LogP contribution in [0.25, 0.3) is 0 Å². The zero-order valence-electron chi connectivity index (χ0n) is 9.83. The third-order valence-corrected chi connectivity index (χ3v) is 3.23. The number of likely N-dealkylation sites (tertiary alicyclic amines) is 1. The van der Waals surface area contributed by atoms with Crippen molar-refractivity contribution in [2.75, 3.05) is 13.7 Å². The van der Waals surface area contributed by atoms with Gasteiger partial charge in [0.2, 0.25) is 5.82 Å². The summed E-state index contributed by atoms with van der Waals surface area (Å²) in [5.41, 5.74) is -1.90. The summed E-state index contributed by atoms with van der Waals surface area (Å²) in [6.45, 7) is 0.259. The summed E-state index contributed by atoms with van der Waals surface area (Å²) >= 11 is 0. The van der Waals surface area contributed by atoms with Crippen molar-refractivity contribution < 1.29 is 18.7 Å². The van der Waals surface area contributed by atoms with Crippen LogP contribution in [0.15, 0.2) is 15.8 Å². The Morgan fingerprint density at radius 3 is 3.00 bits per heavy atom. The van der Waals surface area contributed by atoms with Crippen LogP contribution in [0, 0.1) is 5.82 Å². The Kier molecular flexibility index (Phi) is 2.45. The highest BCUT2D eigenvalue weighted by Crippen LogP contribution is 2.42. The van der Waals surface area contributed by atoms with Crippen molar-refractivity contribution >= 4 is 6.09 Å². The number of epoxide rings is 1. The molecule has 2 aliphatic heterocycles. The fourth-order valence-corrected chi connectivity index (χ4v) is 2.31. The summed E-state index contributed by atoms with van der Waals surface area (Å²) < 4.78 is 24.1. The molecule has 1 N–H and O–H groups in total. The molecule has 3 heterocycles. The van der Waals surface area contributed by atoms with E-state index in [1.807, 2.05) is 4.98 Å². The smallest absolute Gasteiger partial charge is 0.411 e. The van der Waals surface area contributed by atoms with Crippen LogP contribution < -0.4 is 11.2 Å². The molecule has 2 fully saturated rings. The summed E-state index contributed by atoms with van der Waals surface area (Å²) in [6.07, 6.45) is -1.25. The lowest BCUT2D eigenvalue weighted by Gasteiger charge is -2.26. The summed E-state index contributed by atoms with van der Waals surface area (Å²) in [5.74, 6) is -1.10. The van der Waals surface area contributed by atoms with Gasteiger partial charge >= 0.3 is 11.8 Å². The van der Waals surface area contributed by atoms with E-state index in [4.69, 9.17) is 4.74 Å². The predicted octanol–water partition coefficient (Wildman–Crippen LogP) is -0.976. The van der Waals surface area contributed by atoms with Crippen LogP contribution in [-0.2, 0) is 9.47 Å². The Hall–Kier alpha value is -2.16. The van der Waals surface area contributed by atoms with Gasteiger partial charge in [-0.2, -0.15) is 4.39 Å². The van der Waals surface area contributed by atoms with E-state index in [1.54, 1.807) is 0 Å². The average Bonchev–Trinajstić information content (AvgIpc) is 3.05. The van der Waals surface area contributed by atoms with Gasteiger partial charge < -0.3 is 9.47 Å². The number of hydrogen-bond donors (Lipinski definition) is 1. The minimum atomic E-state index is -1.10. The van der Waals surface area contributed by atoms with E-state index in [0.29, 0.717) is 0 Å². The van der Waals surface area contributed by atoms with Gasteiger partial charge in [0.1, 0.15) is 18.4 Å². The number of nitrogens with one attached hydrogen (secondary N) is 1. The van der Waals surface area contributed by atoms with Gasteiger partial charge in [0.05, 0.1) is 19.9 Å². The molecule has 3 atom stereocenters. The van der Waals surface area contributed by atoms with Crippen molar-refractivity contribution in [2.24, 2.45) is 0 Å². The largest absolute Gasteiger partial charge is 0.453 e. The number of morpholine rings is 1. The summed E-state index contributed by atoms with van der Waals surface area (Å²) in [5, 5.41) is 0. The lowest BCUT2D eigenvalue weighted by molar-refractivity contribution is 0.0663. The lowest BCUT2D eigenvalue weighted by atomic mass is 10.3.